The maximum absolute atomic E-state index is 10.9. The van der Waals surface area contributed by atoms with Crippen molar-refractivity contribution in [2.75, 3.05) is 11.2 Å². The van der Waals surface area contributed by atoms with Gasteiger partial charge in [-0.25, -0.2) is 0 Å². The van der Waals surface area contributed by atoms with E-state index in [1.807, 2.05) is 0 Å². The fourth-order valence-electron chi connectivity index (χ4n) is 0.629. The molecule has 2 N–H and O–H groups in total. The Labute approximate surface area is 68.9 Å². The molecule has 1 aromatic heterocycles. The largest absolute Gasteiger partial charge is 0.323 e. The number of hydrogen-bond donors (Lipinski definition) is 2. The molecule has 0 saturated heterocycles. The van der Waals surface area contributed by atoms with E-state index in [0.717, 1.165) is 0 Å². The Morgan fingerprint density at radius 3 is 3.18 bits per heavy atom. The van der Waals surface area contributed by atoms with Crippen LogP contribution in [0.4, 0.5) is 5.69 Å². The van der Waals surface area contributed by atoms with Crippen LogP contribution in [0.2, 0.25) is 0 Å². The number of hydrogen-bond acceptors (Lipinski definition) is 2. The highest BCUT2D eigenvalue weighted by Gasteiger charge is 2.00. The smallest absolute Gasteiger partial charge is 0.225 e. The number of nitrogens with one attached hydrogen (secondary N) is 2. The quantitative estimate of drug-likeness (QED) is 0.670. The SMILES string of the molecule is O=C(CCCl)Nc1cn[nH]c1. The Kier molecular flexibility index (Phi) is 2.92. The topological polar surface area (TPSA) is 57.8 Å². The van der Waals surface area contributed by atoms with Gasteiger partial charge < -0.3 is 5.32 Å². The van der Waals surface area contributed by atoms with E-state index >= 15 is 0 Å². The predicted octanol–water partition coefficient (Wildman–Crippen LogP) is 0.977. The number of carbonyl (C=O) groups is 1. The number of carbonyl (C=O) groups excluding carboxylic acids is 1. The minimum atomic E-state index is -0.0959. The van der Waals surface area contributed by atoms with Crippen LogP contribution < -0.4 is 5.32 Å². The zero-order chi connectivity index (χ0) is 8.10. The van der Waals surface area contributed by atoms with Crippen molar-refractivity contribution in [2.45, 2.75) is 6.42 Å². The van der Waals surface area contributed by atoms with Crippen LogP contribution in [-0.2, 0) is 4.79 Å². The van der Waals surface area contributed by atoms with Gasteiger partial charge in [-0.05, 0) is 0 Å². The van der Waals surface area contributed by atoms with Crippen LogP contribution in [0, 0.1) is 0 Å². The maximum Gasteiger partial charge on any atom is 0.225 e. The minimum absolute atomic E-state index is 0.0959. The summed E-state index contributed by atoms with van der Waals surface area (Å²) >= 11 is 5.35. The molecule has 1 amide bonds. The Bertz CT molecular complexity index is 222. The Morgan fingerprint density at radius 2 is 2.64 bits per heavy atom. The lowest BCUT2D eigenvalue weighted by molar-refractivity contribution is -0.115. The number of aromatic amines is 1. The van der Waals surface area contributed by atoms with Gasteiger partial charge in [0.1, 0.15) is 0 Å². The maximum atomic E-state index is 10.9. The molecule has 0 radical (unpaired) electrons. The first-order valence-corrected chi connectivity index (χ1v) is 3.71. The number of alkyl halides is 1. The first kappa shape index (κ1) is 8.07. The third-order valence-electron chi connectivity index (χ3n) is 1.10. The van der Waals surface area contributed by atoms with E-state index in [2.05, 4.69) is 15.5 Å². The number of rotatable bonds is 3. The number of anilines is 1. The van der Waals surface area contributed by atoms with Gasteiger partial charge in [0.2, 0.25) is 5.91 Å². The second kappa shape index (κ2) is 3.98. The minimum Gasteiger partial charge on any atom is -0.323 e. The van der Waals surface area contributed by atoms with Crippen LogP contribution >= 0.6 is 11.6 Å². The summed E-state index contributed by atoms with van der Waals surface area (Å²) in [6, 6.07) is 0. The van der Waals surface area contributed by atoms with E-state index in [9.17, 15) is 4.79 Å². The predicted molar refractivity (Wildman–Crippen MR) is 42.6 cm³/mol. The Morgan fingerprint density at radius 1 is 1.82 bits per heavy atom. The lowest BCUT2D eigenvalue weighted by Gasteiger charge is -1.97. The summed E-state index contributed by atoms with van der Waals surface area (Å²) in [6.07, 6.45) is 3.46. The number of nitrogens with zero attached hydrogens (tertiary/aromatic N) is 1. The van der Waals surface area contributed by atoms with Gasteiger partial charge in [0, 0.05) is 18.5 Å². The summed E-state index contributed by atoms with van der Waals surface area (Å²) < 4.78 is 0. The standard InChI is InChI=1S/C6H8ClN3O/c7-2-1-6(11)10-5-3-8-9-4-5/h3-4H,1-2H2,(H,8,9)(H,10,11). The lowest BCUT2D eigenvalue weighted by atomic mass is 10.4. The molecule has 0 saturated carbocycles. The molecule has 0 aliphatic heterocycles. The number of halogens is 1. The van der Waals surface area contributed by atoms with E-state index in [0.29, 0.717) is 18.0 Å². The highest BCUT2D eigenvalue weighted by atomic mass is 35.5. The van der Waals surface area contributed by atoms with Crippen LogP contribution in [0.5, 0.6) is 0 Å². The molecule has 0 unspecified atom stereocenters. The van der Waals surface area contributed by atoms with Crippen LogP contribution in [0.1, 0.15) is 6.42 Å². The number of aromatic nitrogens is 2. The molecule has 5 heteroatoms. The summed E-state index contributed by atoms with van der Waals surface area (Å²) in [5, 5.41) is 8.85. The molecule has 0 aromatic carbocycles. The van der Waals surface area contributed by atoms with Crippen LogP contribution in [0.25, 0.3) is 0 Å². The summed E-state index contributed by atoms with van der Waals surface area (Å²) in [5.74, 6) is 0.241. The monoisotopic (exact) mass is 173 g/mol. The fraction of sp³-hybridized carbons (Fsp3) is 0.333. The normalized spacial score (nSPS) is 9.55. The molecule has 1 rings (SSSR count). The van der Waals surface area contributed by atoms with E-state index < -0.39 is 0 Å². The van der Waals surface area contributed by atoms with Crippen molar-refractivity contribution >= 4 is 23.2 Å². The summed E-state index contributed by atoms with van der Waals surface area (Å²) in [6.45, 7) is 0. The van der Waals surface area contributed by atoms with Crippen LogP contribution in [0.3, 0.4) is 0 Å². The highest BCUT2D eigenvalue weighted by molar-refractivity contribution is 6.19. The summed E-state index contributed by atoms with van der Waals surface area (Å²) in [5.41, 5.74) is 0.667. The zero-order valence-electron chi connectivity index (χ0n) is 5.80. The van der Waals surface area contributed by atoms with Gasteiger partial charge >= 0.3 is 0 Å². The molecule has 0 aliphatic carbocycles. The third-order valence-corrected chi connectivity index (χ3v) is 1.29. The summed E-state index contributed by atoms with van der Waals surface area (Å²) in [7, 11) is 0. The van der Waals surface area contributed by atoms with Gasteiger partial charge in [0.25, 0.3) is 0 Å². The van der Waals surface area contributed by atoms with Gasteiger partial charge in [-0.2, -0.15) is 5.10 Å². The highest BCUT2D eigenvalue weighted by Crippen LogP contribution is 2.01. The Hall–Kier alpha value is -1.03. The fourth-order valence-corrected chi connectivity index (χ4v) is 0.800. The average molecular weight is 174 g/mol. The molecule has 60 valence electrons. The summed E-state index contributed by atoms with van der Waals surface area (Å²) in [4.78, 5) is 10.9. The van der Waals surface area contributed by atoms with Crippen molar-refractivity contribution in [3.63, 3.8) is 0 Å². The molecule has 0 bridgehead atoms. The molecular weight excluding hydrogens is 166 g/mol. The van der Waals surface area contributed by atoms with Crippen LogP contribution in [0.15, 0.2) is 12.4 Å². The second-order valence-electron chi connectivity index (χ2n) is 1.97. The van der Waals surface area contributed by atoms with Gasteiger partial charge in [0.05, 0.1) is 11.9 Å². The van der Waals surface area contributed by atoms with E-state index in [4.69, 9.17) is 11.6 Å². The van der Waals surface area contributed by atoms with Crippen molar-refractivity contribution in [2.24, 2.45) is 0 Å². The van der Waals surface area contributed by atoms with Crippen molar-refractivity contribution in [1.82, 2.24) is 10.2 Å². The van der Waals surface area contributed by atoms with Crippen molar-refractivity contribution in [1.29, 1.82) is 0 Å². The van der Waals surface area contributed by atoms with Crippen molar-refractivity contribution in [3.8, 4) is 0 Å². The third kappa shape index (κ3) is 2.59. The molecule has 4 nitrogen and oxygen atoms in total. The number of amides is 1. The zero-order valence-corrected chi connectivity index (χ0v) is 6.56. The first-order valence-electron chi connectivity index (χ1n) is 3.17. The first-order chi connectivity index (χ1) is 5.33. The van der Waals surface area contributed by atoms with E-state index in [1.54, 1.807) is 6.20 Å². The van der Waals surface area contributed by atoms with Crippen molar-refractivity contribution in [3.05, 3.63) is 12.4 Å². The molecule has 1 aromatic rings. The van der Waals surface area contributed by atoms with Crippen molar-refractivity contribution < 1.29 is 4.79 Å². The molecule has 0 spiro atoms. The van der Waals surface area contributed by atoms with Gasteiger partial charge in [0.15, 0.2) is 0 Å². The molecule has 0 aliphatic rings. The van der Waals surface area contributed by atoms with Crippen LogP contribution in [-0.4, -0.2) is 22.0 Å². The molecule has 11 heavy (non-hydrogen) atoms. The molecular formula is C6H8ClN3O. The van der Waals surface area contributed by atoms with Gasteiger partial charge in [-0.3, -0.25) is 9.89 Å². The van der Waals surface area contributed by atoms with E-state index in [1.165, 1.54) is 6.20 Å². The average Bonchev–Trinajstić information content (AvgIpc) is 2.40. The lowest BCUT2D eigenvalue weighted by Crippen LogP contribution is -2.10. The van der Waals surface area contributed by atoms with Gasteiger partial charge in [-0.15, -0.1) is 11.6 Å². The Balaban J connectivity index is 2.37. The number of H-pyrrole nitrogens is 1. The second-order valence-corrected chi connectivity index (χ2v) is 2.35. The van der Waals surface area contributed by atoms with Gasteiger partial charge in [-0.1, -0.05) is 0 Å². The molecule has 0 fully saturated rings. The van der Waals surface area contributed by atoms with E-state index in [-0.39, 0.29) is 5.91 Å². The molecule has 0 atom stereocenters. The molecule has 1 heterocycles.